The first-order valence-electron chi connectivity index (χ1n) is 12.7. The molecule has 0 aliphatic carbocycles. The normalized spacial score (nSPS) is 12.6. The van der Waals surface area contributed by atoms with Gasteiger partial charge in [0.15, 0.2) is 11.5 Å². The SMILES string of the molecule is Cc1ccc(OCCNC(C)Cc2cc(C(N)=O)c3c(ccn3CCCO)c2)c(OCC(C)(C)C)c1. The number of amides is 1. The van der Waals surface area contributed by atoms with E-state index in [9.17, 15) is 4.79 Å². The molecule has 0 saturated carbocycles. The van der Waals surface area contributed by atoms with Crippen LogP contribution in [0.3, 0.4) is 0 Å². The molecule has 0 radical (unpaired) electrons. The van der Waals surface area contributed by atoms with Crippen molar-refractivity contribution in [2.75, 3.05) is 26.4 Å². The molecule has 7 heteroatoms. The van der Waals surface area contributed by atoms with Crippen molar-refractivity contribution in [3.63, 3.8) is 0 Å². The Morgan fingerprint density at radius 1 is 1.14 bits per heavy atom. The standard InChI is InChI=1S/C29H41N3O4/c1-20-7-8-25(26(15-20)36-19-29(3,4)5)35-14-10-31-21(2)16-22-17-23-9-12-32(11-6-13-33)27(23)24(18-22)28(30)34/h7-9,12,15,17-18,21,31,33H,6,10-11,13-14,16,19H2,1-5H3,(H2,30,34). The van der Waals surface area contributed by atoms with Crippen molar-refractivity contribution in [3.8, 4) is 11.5 Å². The molecule has 0 saturated heterocycles. The molecule has 1 amide bonds. The predicted molar refractivity (Wildman–Crippen MR) is 145 cm³/mol. The molecule has 3 rings (SSSR count). The lowest BCUT2D eigenvalue weighted by molar-refractivity contribution is 0.100. The Balaban J connectivity index is 1.58. The van der Waals surface area contributed by atoms with E-state index in [1.807, 2.05) is 48.0 Å². The van der Waals surface area contributed by atoms with Crippen LogP contribution in [0.25, 0.3) is 10.9 Å². The lowest BCUT2D eigenvalue weighted by Gasteiger charge is -2.21. The highest BCUT2D eigenvalue weighted by Crippen LogP contribution is 2.30. The largest absolute Gasteiger partial charge is 0.489 e. The Bertz CT molecular complexity index is 1160. The molecule has 1 heterocycles. The molecular formula is C29H41N3O4. The van der Waals surface area contributed by atoms with E-state index in [0.717, 1.165) is 39.9 Å². The Kier molecular flexibility index (Phi) is 9.40. The van der Waals surface area contributed by atoms with Crippen molar-refractivity contribution in [2.24, 2.45) is 11.1 Å². The second kappa shape index (κ2) is 12.3. The third kappa shape index (κ3) is 7.73. The third-order valence-electron chi connectivity index (χ3n) is 5.90. The summed E-state index contributed by atoms with van der Waals surface area (Å²) in [6.07, 6.45) is 3.32. The number of benzene rings is 2. The van der Waals surface area contributed by atoms with Crippen molar-refractivity contribution in [1.82, 2.24) is 9.88 Å². The molecule has 0 aliphatic heterocycles. The number of fused-ring (bicyclic) bond motifs is 1. The summed E-state index contributed by atoms with van der Waals surface area (Å²) in [5.41, 5.74) is 9.31. The van der Waals surface area contributed by atoms with Crippen molar-refractivity contribution in [3.05, 3.63) is 59.3 Å². The quantitative estimate of drug-likeness (QED) is 0.304. The van der Waals surface area contributed by atoms with Gasteiger partial charge in [-0.1, -0.05) is 26.8 Å². The number of ether oxygens (including phenoxy) is 2. The summed E-state index contributed by atoms with van der Waals surface area (Å²) in [7, 11) is 0. The molecule has 1 unspecified atom stereocenters. The predicted octanol–water partition coefficient (Wildman–Crippen LogP) is 4.46. The summed E-state index contributed by atoms with van der Waals surface area (Å²) in [4.78, 5) is 12.2. The summed E-state index contributed by atoms with van der Waals surface area (Å²) in [6, 6.07) is 12.2. The maximum absolute atomic E-state index is 12.2. The summed E-state index contributed by atoms with van der Waals surface area (Å²) in [5, 5.41) is 13.6. The van der Waals surface area contributed by atoms with Gasteiger partial charge >= 0.3 is 0 Å². The monoisotopic (exact) mass is 495 g/mol. The first kappa shape index (κ1) is 27.6. The highest BCUT2D eigenvalue weighted by atomic mass is 16.5. The number of nitrogens with zero attached hydrogens (tertiary/aromatic N) is 1. The first-order valence-corrected chi connectivity index (χ1v) is 12.7. The van der Waals surface area contributed by atoms with Gasteiger partial charge in [0.2, 0.25) is 0 Å². The van der Waals surface area contributed by atoms with Gasteiger partial charge in [-0.05, 0) is 73.6 Å². The molecule has 196 valence electrons. The van der Waals surface area contributed by atoms with E-state index in [2.05, 4.69) is 39.1 Å². The number of hydrogen-bond acceptors (Lipinski definition) is 5. The molecule has 2 aromatic carbocycles. The smallest absolute Gasteiger partial charge is 0.250 e. The van der Waals surface area contributed by atoms with Crippen molar-refractivity contribution < 1.29 is 19.4 Å². The molecule has 36 heavy (non-hydrogen) atoms. The van der Waals surface area contributed by atoms with Crippen LogP contribution >= 0.6 is 0 Å². The van der Waals surface area contributed by atoms with E-state index in [4.69, 9.17) is 20.3 Å². The van der Waals surface area contributed by atoms with E-state index >= 15 is 0 Å². The number of aliphatic hydroxyl groups is 1. The molecule has 1 aromatic heterocycles. The number of rotatable bonds is 13. The van der Waals surface area contributed by atoms with Gasteiger partial charge in [-0.3, -0.25) is 4.79 Å². The van der Waals surface area contributed by atoms with E-state index in [1.54, 1.807) is 0 Å². The van der Waals surface area contributed by atoms with Crippen LogP contribution in [0, 0.1) is 12.3 Å². The first-order chi connectivity index (χ1) is 17.1. The minimum absolute atomic E-state index is 0.0669. The van der Waals surface area contributed by atoms with Crippen LogP contribution in [0.5, 0.6) is 11.5 Å². The van der Waals surface area contributed by atoms with E-state index in [1.165, 1.54) is 0 Å². The number of nitrogens with two attached hydrogens (primary N) is 1. The van der Waals surface area contributed by atoms with Gasteiger partial charge in [-0.25, -0.2) is 0 Å². The average Bonchev–Trinajstić information content (AvgIpc) is 3.21. The van der Waals surface area contributed by atoms with Crippen LogP contribution in [-0.2, 0) is 13.0 Å². The number of primary amides is 1. The molecular weight excluding hydrogens is 454 g/mol. The number of hydrogen-bond donors (Lipinski definition) is 3. The number of aromatic nitrogens is 1. The lowest BCUT2D eigenvalue weighted by atomic mass is 9.99. The highest BCUT2D eigenvalue weighted by Gasteiger charge is 2.16. The number of carbonyl (C=O) groups excluding carboxylic acids is 1. The molecule has 4 N–H and O–H groups in total. The fraction of sp³-hybridized carbons (Fsp3) is 0.483. The van der Waals surface area contributed by atoms with Gasteiger partial charge in [-0.15, -0.1) is 0 Å². The highest BCUT2D eigenvalue weighted by molar-refractivity contribution is 6.05. The minimum atomic E-state index is -0.442. The summed E-state index contributed by atoms with van der Waals surface area (Å²) >= 11 is 0. The number of aliphatic hydroxyl groups excluding tert-OH is 1. The third-order valence-corrected chi connectivity index (χ3v) is 5.90. The van der Waals surface area contributed by atoms with E-state index in [-0.39, 0.29) is 18.1 Å². The fourth-order valence-corrected chi connectivity index (χ4v) is 4.18. The van der Waals surface area contributed by atoms with Crippen LogP contribution in [0.2, 0.25) is 0 Å². The maximum Gasteiger partial charge on any atom is 0.250 e. The van der Waals surface area contributed by atoms with Crippen LogP contribution in [0.1, 0.15) is 55.6 Å². The van der Waals surface area contributed by atoms with Crippen molar-refractivity contribution >= 4 is 16.8 Å². The fourth-order valence-electron chi connectivity index (χ4n) is 4.18. The minimum Gasteiger partial charge on any atom is -0.489 e. The number of carbonyl (C=O) groups is 1. The Morgan fingerprint density at radius 3 is 2.61 bits per heavy atom. The van der Waals surface area contributed by atoms with Gasteiger partial charge in [0.05, 0.1) is 17.7 Å². The molecule has 0 bridgehead atoms. The van der Waals surface area contributed by atoms with E-state index in [0.29, 0.717) is 38.3 Å². The number of aryl methyl sites for hydroxylation is 2. The molecule has 0 spiro atoms. The van der Waals surface area contributed by atoms with Gasteiger partial charge in [0, 0.05) is 37.3 Å². The zero-order chi connectivity index (χ0) is 26.3. The lowest BCUT2D eigenvalue weighted by Crippen LogP contribution is -2.32. The Labute approximate surface area is 214 Å². The van der Waals surface area contributed by atoms with Crippen LogP contribution in [0.4, 0.5) is 0 Å². The summed E-state index contributed by atoms with van der Waals surface area (Å²) in [5.74, 6) is 1.08. The van der Waals surface area contributed by atoms with Gasteiger partial charge < -0.3 is 30.2 Å². The Hall–Kier alpha value is -3.03. The van der Waals surface area contributed by atoms with Crippen LogP contribution in [-0.4, -0.2) is 48.0 Å². The maximum atomic E-state index is 12.2. The van der Waals surface area contributed by atoms with Gasteiger partial charge in [0.1, 0.15) is 6.61 Å². The molecule has 7 nitrogen and oxygen atoms in total. The molecule has 0 aliphatic rings. The second-order valence-corrected chi connectivity index (χ2v) is 10.7. The Morgan fingerprint density at radius 2 is 1.92 bits per heavy atom. The van der Waals surface area contributed by atoms with Crippen LogP contribution < -0.4 is 20.5 Å². The average molecular weight is 496 g/mol. The molecule has 0 fully saturated rings. The van der Waals surface area contributed by atoms with Gasteiger partial charge in [-0.2, -0.15) is 0 Å². The molecule has 3 aromatic rings. The zero-order valence-electron chi connectivity index (χ0n) is 22.3. The van der Waals surface area contributed by atoms with Gasteiger partial charge in [0.25, 0.3) is 5.91 Å². The summed E-state index contributed by atoms with van der Waals surface area (Å²) in [6.45, 7) is 13.1. The summed E-state index contributed by atoms with van der Waals surface area (Å²) < 4.78 is 14.0. The van der Waals surface area contributed by atoms with Crippen LogP contribution in [0.15, 0.2) is 42.6 Å². The van der Waals surface area contributed by atoms with E-state index < -0.39 is 5.91 Å². The molecule has 1 atom stereocenters. The topological polar surface area (TPSA) is 98.7 Å². The second-order valence-electron chi connectivity index (χ2n) is 10.7. The number of nitrogens with one attached hydrogen (secondary N) is 1. The van der Waals surface area contributed by atoms with Crippen molar-refractivity contribution in [1.29, 1.82) is 0 Å². The van der Waals surface area contributed by atoms with Crippen molar-refractivity contribution in [2.45, 2.75) is 60.0 Å². The zero-order valence-corrected chi connectivity index (χ0v) is 22.3.